The first-order chi connectivity index (χ1) is 11.6. The Labute approximate surface area is 152 Å². The van der Waals surface area contributed by atoms with Crippen molar-refractivity contribution in [2.75, 3.05) is 36.8 Å². The van der Waals surface area contributed by atoms with Gasteiger partial charge in [0, 0.05) is 32.2 Å². The molecule has 0 spiro atoms. The number of piperazine rings is 1. The van der Waals surface area contributed by atoms with Crippen LogP contribution >= 0.6 is 0 Å². The summed E-state index contributed by atoms with van der Waals surface area (Å²) < 4.78 is 12.3. The van der Waals surface area contributed by atoms with Crippen molar-refractivity contribution in [3.05, 3.63) is 18.2 Å². The number of anilines is 2. The largest absolute Gasteiger partial charge is 0.494 e. The molecular formula is C19H32BN3O2. The molecular weight excluding hydrogens is 313 g/mol. The third kappa shape index (κ3) is 3.53. The molecule has 0 bridgehead atoms. The van der Waals surface area contributed by atoms with E-state index in [9.17, 15) is 0 Å². The Balaban J connectivity index is 1.72. The van der Waals surface area contributed by atoms with E-state index < -0.39 is 0 Å². The maximum Gasteiger partial charge on any atom is 0.494 e. The summed E-state index contributed by atoms with van der Waals surface area (Å²) in [5.74, 6) is 0. The Hall–Kier alpha value is -1.24. The lowest BCUT2D eigenvalue weighted by Gasteiger charge is -2.38. The summed E-state index contributed by atoms with van der Waals surface area (Å²) in [6.45, 7) is 17.0. The van der Waals surface area contributed by atoms with Crippen molar-refractivity contribution >= 4 is 24.0 Å². The topological polar surface area (TPSA) is 51.0 Å². The molecule has 0 aromatic heterocycles. The monoisotopic (exact) mass is 345 g/mol. The van der Waals surface area contributed by atoms with Crippen LogP contribution in [0.4, 0.5) is 11.4 Å². The quantitative estimate of drug-likeness (QED) is 0.672. The van der Waals surface area contributed by atoms with E-state index in [0.29, 0.717) is 6.04 Å². The molecule has 2 N–H and O–H groups in total. The van der Waals surface area contributed by atoms with Crippen molar-refractivity contribution in [2.45, 2.75) is 58.8 Å². The average molecular weight is 345 g/mol. The molecule has 0 unspecified atom stereocenters. The van der Waals surface area contributed by atoms with E-state index in [2.05, 4.69) is 63.5 Å². The molecule has 138 valence electrons. The number of hydrogen-bond donors (Lipinski definition) is 1. The Bertz CT molecular complexity index is 609. The van der Waals surface area contributed by atoms with Crippen molar-refractivity contribution < 1.29 is 9.31 Å². The minimum Gasteiger partial charge on any atom is -0.399 e. The Kier molecular flexibility index (Phi) is 4.82. The third-order valence-electron chi connectivity index (χ3n) is 5.96. The number of nitrogens with two attached hydrogens (primary N) is 1. The van der Waals surface area contributed by atoms with Crippen LogP contribution in [-0.4, -0.2) is 55.4 Å². The normalized spacial score (nSPS) is 23.5. The second-order valence-electron chi connectivity index (χ2n) is 8.52. The second-order valence-corrected chi connectivity index (χ2v) is 8.52. The third-order valence-corrected chi connectivity index (χ3v) is 5.96. The smallest absolute Gasteiger partial charge is 0.399 e. The second kappa shape index (κ2) is 6.49. The van der Waals surface area contributed by atoms with Gasteiger partial charge in [0.2, 0.25) is 0 Å². The summed E-state index contributed by atoms with van der Waals surface area (Å²) in [6, 6.07) is 6.81. The fourth-order valence-electron chi connectivity index (χ4n) is 3.47. The van der Waals surface area contributed by atoms with Crippen LogP contribution in [0.3, 0.4) is 0 Å². The van der Waals surface area contributed by atoms with Gasteiger partial charge in [0.25, 0.3) is 0 Å². The van der Waals surface area contributed by atoms with Gasteiger partial charge in [0.15, 0.2) is 0 Å². The highest BCUT2D eigenvalue weighted by molar-refractivity contribution is 6.62. The fraction of sp³-hybridized carbons (Fsp3) is 0.684. The highest BCUT2D eigenvalue weighted by atomic mass is 16.7. The summed E-state index contributed by atoms with van der Waals surface area (Å²) in [6.07, 6.45) is 0. The summed E-state index contributed by atoms with van der Waals surface area (Å²) in [5, 5.41) is 0. The molecule has 2 aliphatic heterocycles. The van der Waals surface area contributed by atoms with Crippen LogP contribution in [-0.2, 0) is 9.31 Å². The molecule has 0 atom stereocenters. The molecule has 2 heterocycles. The zero-order valence-electron chi connectivity index (χ0n) is 16.5. The van der Waals surface area contributed by atoms with Crippen molar-refractivity contribution in [1.82, 2.24) is 4.90 Å². The molecule has 2 aliphatic rings. The van der Waals surface area contributed by atoms with Gasteiger partial charge < -0.3 is 19.9 Å². The van der Waals surface area contributed by atoms with Crippen LogP contribution in [0.25, 0.3) is 0 Å². The highest BCUT2D eigenvalue weighted by Crippen LogP contribution is 2.37. The number of nitrogens with zero attached hydrogens (tertiary/aromatic N) is 2. The van der Waals surface area contributed by atoms with Crippen molar-refractivity contribution in [3.8, 4) is 0 Å². The molecule has 6 heteroatoms. The Morgan fingerprint density at radius 1 is 1.00 bits per heavy atom. The van der Waals surface area contributed by atoms with E-state index in [1.807, 2.05) is 6.07 Å². The molecule has 0 amide bonds. The maximum absolute atomic E-state index is 6.38. The van der Waals surface area contributed by atoms with Gasteiger partial charge in [0.1, 0.15) is 0 Å². The van der Waals surface area contributed by atoms with Gasteiger partial charge >= 0.3 is 7.12 Å². The molecule has 0 saturated carbocycles. The summed E-state index contributed by atoms with van der Waals surface area (Å²) in [5.41, 5.74) is 8.61. The Morgan fingerprint density at radius 3 is 2.04 bits per heavy atom. The van der Waals surface area contributed by atoms with E-state index in [-0.39, 0.29) is 18.3 Å². The zero-order chi connectivity index (χ0) is 18.4. The molecule has 1 aromatic rings. The number of benzene rings is 1. The fourth-order valence-corrected chi connectivity index (χ4v) is 3.47. The predicted octanol–water partition coefficient (Wildman–Crippen LogP) is 2.10. The van der Waals surface area contributed by atoms with Gasteiger partial charge in [-0.3, -0.25) is 4.90 Å². The molecule has 2 saturated heterocycles. The summed E-state index contributed by atoms with van der Waals surface area (Å²) >= 11 is 0. The molecule has 5 nitrogen and oxygen atoms in total. The standard InChI is InChI=1S/C19H32BN3O2/c1-14(2)22-9-11-23(12-10-22)17-8-7-15(13-16(17)21)20-24-18(3,4)19(5,6)25-20/h7-8,13-14H,9-12,21H2,1-6H3. The molecule has 25 heavy (non-hydrogen) atoms. The minimum absolute atomic E-state index is 0.335. The van der Waals surface area contributed by atoms with E-state index >= 15 is 0 Å². The van der Waals surface area contributed by atoms with E-state index in [1.54, 1.807) is 0 Å². The average Bonchev–Trinajstić information content (AvgIpc) is 2.75. The first-order valence-corrected chi connectivity index (χ1v) is 9.35. The lowest BCUT2D eigenvalue weighted by molar-refractivity contribution is 0.00578. The van der Waals surface area contributed by atoms with Gasteiger partial charge in [-0.05, 0) is 59.1 Å². The Morgan fingerprint density at radius 2 is 1.56 bits per heavy atom. The zero-order valence-corrected chi connectivity index (χ0v) is 16.5. The highest BCUT2D eigenvalue weighted by Gasteiger charge is 2.51. The van der Waals surface area contributed by atoms with Crippen LogP contribution in [0.1, 0.15) is 41.5 Å². The maximum atomic E-state index is 6.38. The van der Waals surface area contributed by atoms with Gasteiger partial charge in [0.05, 0.1) is 22.6 Å². The van der Waals surface area contributed by atoms with Gasteiger partial charge in [-0.2, -0.15) is 0 Å². The SMILES string of the molecule is CC(C)N1CCN(c2ccc(B3OC(C)(C)C(C)(C)O3)cc2N)CC1. The lowest BCUT2D eigenvalue weighted by Crippen LogP contribution is -2.49. The van der Waals surface area contributed by atoms with Crippen molar-refractivity contribution in [2.24, 2.45) is 0 Å². The van der Waals surface area contributed by atoms with Crippen LogP contribution in [0.2, 0.25) is 0 Å². The van der Waals surface area contributed by atoms with Gasteiger partial charge in [-0.15, -0.1) is 0 Å². The number of hydrogen-bond acceptors (Lipinski definition) is 5. The minimum atomic E-state index is -0.362. The summed E-state index contributed by atoms with van der Waals surface area (Å²) in [7, 11) is -0.362. The first-order valence-electron chi connectivity index (χ1n) is 9.35. The van der Waals surface area contributed by atoms with Crippen molar-refractivity contribution in [1.29, 1.82) is 0 Å². The molecule has 3 rings (SSSR count). The van der Waals surface area contributed by atoms with Crippen LogP contribution in [0.5, 0.6) is 0 Å². The van der Waals surface area contributed by atoms with Crippen molar-refractivity contribution in [3.63, 3.8) is 0 Å². The predicted molar refractivity (Wildman–Crippen MR) is 105 cm³/mol. The van der Waals surface area contributed by atoms with E-state index in [4.69, 9.17) is 15.0 Å². The summed E-state index contributed by atoms with van der Waals surface area (Å²) in [4.78, 5) is 4.88. The van der Waals surface area contributed by atoms with Gasteiger partial charge in [-0.25, -0.2) is 0 Å². The van der Waals surface area contributed by atoms with Crippen LogP contribution in [0, 0.1) is 0 Å². The van der Waals surface area contributed by atoms with E-state index in [1.165, 1.54) is 0 Å². The first kappa shape index (κ1) is 18.6. The number of nitrogen functional groups attached to an aromatic ring is 1. The van der Waals surface area contributed by atoms with Crippen LogP contribution in [0.15, 0.2) is 18.2 Å². The lowest BCUT2D eigenvalue weighted by atomic mass is 9.78. The van der Waals surface area contributed by atoms with Gasteiger partial charge in [-0.1, -0.05) is 6.07 Å². The molecule has 0 radical (unpaired) electrons. The molecule has 2 fully saturated rings. The number of rotatable bonds is 3. The molecule has 0 aliphatic carbocycles. The van der Waals surface area contributed by atoms with E-state index in [0.717, 1.165) is 43.0 Å². The molecule has 1 aromatic carbocycles. The van der Waals surface area contributed by atoms with Crippen LogP contribution < -0.4 is 16.1 Å².